The molecular weight excluding hydrogens is 316 g/mol. The second-order valence-corrected chi connectivity index (χ2v) is 7.65. The van der Waals surface area contributed by atoms with Gasteiger partial charge in [-0.3, -0.25) is 0 Å². The topological polar surface area (TPSA) is 6.48 Å². The predicted octanol–water partition coefficient (Wildman–Crippen LogP) is 6.24. The molecule has 0 saturated heterocycles. The van der Waals surface area contributed by atoms with E-state index in [1.165, 1.54) is 50.5 Å². The van der Waals surface area contributed by atoms with E-state index in [0.29, 0.717) is 0 Å². The lowest BCUT2D eigenvalue weighted by atomic mass is 10.0. The number of aryl methyl sites for hydroxylation is 6. The van der Waals surface area contributed by atoms with Crippen LogP contribution in [0.4, 0.5) is 11.4 Å². The highest BCUT2D eigenvalue weighted by Gasteiger charge is 2.26. The Morgan fingerprint density at radius 3 is 1.73 bits per heavy atom. The number of anilines is 2. The second-order valence-electron chi connectivity index (χ2n) is 7.65. The minimum absolute atomic E-state index is 0.846. The standard InChI is InChI=1S/C24H30N2/c1-8-9-22-14-25(23-18(4)10-16(2)11-19(23)5)15-26(22)24-20(6)12-17(3)13-21(24)7/h8,10-14H,1,9,15H2,2-7H3. The van der Waals surface area contributed by atoms with Gasteiger partial charge in [0.2, 0.25) is 0 Å². The Bertz CT molecular complexity index is 843. The summed E-state index contributed by atoms with van der Waals surface area (Å²) in [7, 11) is 0. The zero-order valence-electron chi connectivity index (χ0n) is 17.0. The number of rotatable bonds is 4. The van der Waals surface area contributed by atoms with Gasteiger partial charge in [-0.15, -0.1) is 6.58 Å². The van der Waals surface area contributed by atoms with Crippen molar-refractivity contribution >= 4 is 11.4 Å². The van der Waals surface area contributed by atoms with Crippen LogP contribution in [-0.4, -0.2) is 6.67 Å². The number of nitrogens with zero attached hydrogens (tertiary/aromatic N) is 2. The largest absolute Gasteiger partial charge is 0.327 e. The minimum Gasteiger partial charge on any atom is -0.327 e. The van der Waals surface area contributed by atoms with Gasteiger partial charge >= 0.3 is 0 Å². The Balaban J connectivity index is 2.06. The van der Waals surface area contributed by atoms with Gasteiger partial charge in [0.25, 0.3) is 0 Å². The summed E-state index contributed by atoms with van der Waals surface area (Å²) in [5.74, 6) is 0. The lowest BCUT2D eigenvalue weighted by molar-refractivity contribution is 0.918. The van der Waals surface area contributed by atoms with Gasteiger partial charge in [-0.1, -0.05) is 41.5 Å². The molecule has 0 aromatic heterocycles. The van der Waals surface area contributed by atoms with Crippen LogP contribution < -0.4 is 9.80 Å². The van der Waals surface area contributed by atoms with Crippen molar-refractivity contribution in [2.75, 3.05) is 16.5 Å². The van der Waals surface area contributed by atoms with E-state index in [1.807, 2.05) is 6.08 Å². The van der Waals surface area contributed by atoms with Crippen molar-refractivity contribution < 1.29 is 0 Å². The van der Waals surface area contributed by atoms with Crippen LogP contribution in [-0.2, 0) is 0 Å². The van der Waals surface area contributed by atoms with Crippen molar-refractivity contribution in [3.8, 4) is 0 Å². The molecule has 0 amide bonds. The molecule has 1 aliphatic rings. The monoisotopic (exact) mass is 346 g/mol. The summed E-state index contributed by atoms with van der Waals surface area (Å²) >= 11 is 0. The van der Waals surface area contributed by atoms with Gasteiger partial charge in [0.05, 0.1) is 6.67 Å². The van der Waals surface area contributed by atoms with E-state index >= 15 is 0 Å². The lowest BCUT2D eigenvalue weighted by Gasteiger charge is -2.28. The molecule has 0 bridgehead atoms. The number of hydrogen-bond donors (Lipinski definition) is 0. The van der Waals surface area contributed by atoms with Crippen molar-refractivity contribution in [3.05, 3.63) is 82.2 Å². The fourth-order valence-electron chi connectivity index (χ4n) is 4.42. The minimum atomic E-state index is 0.846. The average Bonchev–Trinajstić information content (AvgIpc) is 2.89. The maximum absolute atomic E-state index is 3.97. The van der Waals surface area contributed by atoms with E-state index in [2.05, 4.69) is 88.4 Å². The molecule has 0 spiro atoms. The smallest absolute Gasteiger partial charge is 0.0992 e. The summed E-state index contributed by atoms with van der Waals surface area (Å²) in [5.41, 5.74) is 11.9. The van der Waals surface area contributed by atoms with Gasteiger partial charge in [-0.05, 0) is 63.8 Å². The molecular formula is C24H30N2. The van der Waals surface area contributed by atoms with Gasteiger partial charge in [0.1, 0.15) is 0 Å². The Morgan fingerprint density at radius 2 is 1.27 bits per heavy atom. The Morgan fingerprint density at radius 1 is 0.808 bits per heavy atom. The fourth-order valence-corrected chi connectivity index (χ4v) is 4.42. The Kier molecular flexibility index (Phi) is 4.95. The first kappa shape index (κ1) is 18.3. The molecule has 2 aromatic carbocycles. The van der Waals surface area contributed by atoms with Crippen LogP contribution in [0.2, 0.25) is 0 Å². The third-order valence-corrected chi connectivity index (χ3v) is 5.13. The van der Waals surface area contributed by atoms with E-state index in [4.69, 9.17) is 0 Å². The van der Waals surface area contributed by atoms with E-state index in [0.717, 1.165) is 13.1 Å². The van der Waals surface area contributed by atoms with Crippen molar-refractivity contribution in [1.29, 1.82) is 0 Å². The van der Waals surface area contributed by atoms with Gasteiger partial charge < -0.3 is 9.80 Å². The van der Waals surface area contributed by atoms with E-state index < -0.39 is 0 Å². The van der Waals surface area contributed by atoms with E-state index in [1.54, 1.807) is 0 Å². The molecule has 0 aliphatic carbocycles. The van der Waals surface area contributed by atoms with Crippen LogP contribution >= 0.6 is 0 Å². The number of benzene rings is 2. The molecule has 0 atom stereocenters. The zero-order chi connectivity index (χ0) is 19.0. The highest BCUT2D eigenvalue weighted by molar-refractivity contribution is 5.71. The highest BCUT2D eigenvalue weighted by atomic mass is 15.4. The summed E-state index contributed by atoms with van der Waals surface area (Å²) in [6.07, 6.45) is 5.16. The van der Waals surface area contributed by atoms with E-state index in [-0.39, 0.29) is 0 Å². The molecule has 0 radical (unpaired) electrons. The molecule has 2 aromatic rings. The molecule has 0 unspecified atom stereocenters. The van der Waals surface area contributed by atoms with Crippen molar-refractivity contribution in [3.63, 3.8) is 0 Å². The van der Waals surface area contributed by atoms with Crippen LogP contribution in [0, 0.1) is 41.5 Å². The molecule has 0 N–H and O–H groups in total. The van der Waals surface area contributed by atoms with Crippen LogP contribution in [0.25, 0.3) is 0 Å². The summed E-state index contributed by atoms with van der Waals surface area (Å²) in [6.45, 7) is 18.0. The third kappa shape index (κ3) is 3.29. The van der Waals surface area contributed by atoms with Crippen LogP contribution in [0.3, 0.4) is 0 Å². The van der Waals surface area contributed by atoms with Crippen molar-refractivity contribution in [2.45, 2.75) is 48.0 Å². The van der Waals surface area contributed by atoms with Gasteiger partial charge in [-0.25, -0.2) is 0 Å². The predicted molar refractivity (Wildman–Crippen MR) is 114 cm³/mol. The number of allylic oxidation sites excluding steroid dienone is 1. The molecule has 136 valence electrons. The first-order chi connectivity index (χ1) is 12.3. The van der Waals surface area contributed by atoms with Crippen LogP contribution in [0.15, 0.2) is 48.8 Å². The SMILES string of the molecule is C=CCC1=CN(c2c(C)cc(C)cc2C)CN1c1c(C)cc(C)cc1C. The number of hydrogen-bond acceptors (Lipinski definition) is 2. The maximum Gasteiger partial charge on any atom is 0.0992 e. The lowest BCUT2D eigenvalue weighted by Crippen LogP contribution is -2.28. The molecule has 0 saturated carbocycles. The molecule has 3 rings (SSSR count). The van der Waals surface area contributed by atoms with Gasteiger partial charge in [0, 0.05) is 29.7 Å². The molecule has 0 fully saturated rings. The third-order valence-electron chi connectivity index (χ3n) is 5.13. The molecule has 2 nitrogen and oxygen atoms in total. The van der Waals surface area contributed by atoms with Crippen LogP contribution in [0.1, 0.15) is 39.8 Å². The highest BCUT2D eigenvalue weighted by Crippen LogP contribution is 2.37. The quantitative estimate of drug-likeness (QED) is 0.605. The summed E-state index contributed by atoms with van der Waals surface area (Å²) in [5, 5.41) is 0. The molecule has 2 heteroatoms. The summed E-state index contributed by atoms with van der Waals surface area (Å²) < 4.78 is 0. The molecule has 1 aliphatic heterocycles. The van der Waals surface area contributed by atoms with Gasteiger partial charge in [-0.2, -0.15) is 0 Å². The van der Waals surface area contributed by atoms with E-state index in [9.17, 15) is 0 Å². The van der Waals surface area contributed by atoms with Crippen molar-refractivity contribution in [1.82, 2.24) is 0 Å². The normalized spacial score (nSPS) is 14.0. The van der Waals surface area contributed by atoms with Crippen molar-refractivity contribution in [2.24, 2.45) is 0 Å². The Labute approximate surface area is 158 Å². The average molecular weight is 347 g/mol. The van der Waals surface area contributed by atoms with Gasteiger partial charge in [0.15, 0.2) is 0 Å². The summed E-state index contributed by atoms with van der Waals surface area (Å²) in [4.78, 5) is 4.84. The fraction of sp³-hybridized carbons (Fsp3) is 0.333. The Hall–Kier alpha value is -2.48. The summed E-state index contributed by atoms with van der Waals surface area (Å²) in [6, 6.07) is 9.10. The first-order valence-corrected chi connectivity index (χ1v) is 9.33. The second kappa shape index (κ2) is 7.03. The zero-order valence-corrected chi connectivity index (χ0v) is 17.0. The maximum atomic E-state index is 3.97. The first-order valence-electron chi connectivity index (χ1n) is 9.33. The molecule has 1 heterocycles. The molecule has 26 heavy (non-hydrogen) atoms. The van der Waals surface area contributed by atoms with Crippen LogP contribution in [0.5, 0.6) is 0 Å².